The third-order valence-corrected chi connectivity index (χ3v) is 9.42. The van der Waals surface area contributed by atoms with E-state index in [-0.39, 0.29) is 23.1 Å². The Hall–Kier alpha value is -6.30. The number of hydrogen-bond donors (Lipinski definition) is 2. The van der Waals surface area contributed by atoms with Gasteiger partial charge in [-0.15, -0.1) is 0 Å². The summed E-state index contributed by atoms with van der Waals surface area (Å²) >= 11 is 0. The fourth-order valence-corrected chi connectivity index (χ4v) is 5.99. The lowest BCUT2D eigenvalue weighted by molar-refractivity contribution is 0.295. The number of benzene rings is 4. The van der Waals surface area contributed by atoms with Crippen molar-refractivity contribution in [3.05, 3.63) is 96.6 Å². The highest BCUT2D eigenvalue weighted by Crippen LogP contribution is 2.38. The van der Waals surface area contributed by atoms with Crippen molar-refractivity contribution in [3.63, 3.8) is 0 Å². The van der Waals surface area contributed by atoms with Crippen LogP contribution in [0.5, 0.6) is 34.5 Å². The fourth-order valence-electron chi connectivity index (χ4n) is 5.99. The molecule has 0 radical (unpaired) electrons. The minimum atomic E-state index is -0.0277. The summed E-state index contributed by atoms with van der Waals surface area (Å²) in [4.78, 5) is 26.4. The van der Waals surface area contributed by atoms with E-state index in [4.69, 9.17) is 33.9 Å². The second kappa shape index (κ2) is 23.3. The summed E-state index contributed by atoms with van der Waals surface area (Å²) in [5.74, 6) is 3.89. The van der Waals surface area contributed by atoms with Gasteiger partial charge < -0.3 is 29.2 Å². The number of unbranched alkanes of at least 4 members (excludes halogenated alkanes) is 4. The number of nitrogens with zero attached hydrogens (tertiary/aromatic N) is 6. The van der Waals surface area contributed by atoms with Crippen LogP contribution in [0.3, 0.4) is 0 Å². The quantitative estimate of drug-likeness (QED) is 0.0705. The zero-order chi connectivity index (χ0) is 42.7. The second-order valence-corrected chi connectivity index (χ2v) is 14.4. The Morgan fingerprint density at radius 2 is 0.867 bits per heavy atom. The number of phenols is 2. The van der Waals surface area contributed by atoms with E-state index in [9.17, 15) is 10.2 Å². The van der Waals surface area contributed by atoms with Crippen molar-refractivity contribution >= 4 is 0 Å². The van der Waals surface area contributed by atoms with E-state index in [2.05, 4.69) is 68.6 Å². The summed E-state index contributed by atoms with van der Waals surface area (Å²) in [5.41, 5.74) is 4.95. The van der Waals surface area contributed by atoms with Crippen molar-refractivity contribution in [1.82, 2.24) is 29.9 Å². The molecule has 0 atom stereocenters. The first-order chi connectivity index (χ1) is 29.2. The van der Waals surface area contributed by atoms with Gasteiger partial charge in [0.2, 0.25) is 0 Å². The van der Waals surface area contributed by atoms with Crippen LogP contribution in [0, 0.1) is 13.8 Å². The molecule has 0 bridgehead atoms. The molecule has 0 unspecified atom stereocenters. The monoisotopic (exact) mass is 814 g/mol. The molecule has 4 aromatic carbocycles. The van der Waals surface area contributed by atoms with Crippen molar-refractivity contribution in [2.45, 2.75) is 92.9 Å². The van der Waals surface area contributed by atoms with Crippen molar-refractivity contribution in [2.24, 2.45) is 0 Å². The third kappa shape index (κ3) is 12.8. The van der Waals surface area contributed by atoms with Crippen molar-refractivity contribution in [1.29, 1.82) is 0 Å². The smallest absolute Gasteiger partial charge is 0.167 e. The van der Waals surface area contributed by atoms with Gasteiger partial charge in [-0.3, -0.25) is 0 Å². The van der Waals surface area contributed by atoms with Gasteiger partial charge in [0, 0.05) is 23.8 Å². The van der Waals surface area contributed by atoms with Gasteiger partial charge in [0.05, 0.1) is 43.1 Å². The molecular weight excluding hydrogens is 757 g/mol. The molecule has 0 aliphatic heterocycles. The Labute approximate surface area is 354 Å². The summed E-state index contributed by atoms with van der Waals surface area (Å²) in [5, 5.41) is 22.1. The highest BCUT2D eigenvalue weighted by Gasteiger charge is 2.20. The van der Waals surface area contributed by atoms with Gasteiger partial charge in [0.15, 0.2) is 23.3 Å². The van der Waals surface area contributed by atoms with E-state index >= 15 is 0 Å². The van der Waals surface area contributed by atoms with Crippen LogP contribution in [-0.4, -0.2) is 66.5 Å². The predicted molar refractivity (Wildman–Crippen MR) is 236 cm³/mol. The first-order valence-electron chi connectivity index (χ1n) is 21.0. The third-order valence-electron chi connectivity index (χ3n) is 9.42. The molecule has 2 N–H and O–H groups in total. The normalized spacial score (nSPS) is 10.8. The maximum absolute atomic E-state index is 11.1. The van der Waals surface area contributed by atoms with Crippen LogP contribution in [0.4, 0.5) is 0 Å². The number of hydrogen-bond acceptors (Lipinski definition) is 12. The van der Waals surface area contributed by atoms with Crippen LogP contribution in [0.2, 0.25) is 0 Å². The number of ether oxygens (including phenoxy) is 4. The van der Waals surface area contributed by atoms with Crippen LogP contribution in [0.25, 0.3) is 45.6 Å². The van der Waals surface area contributed by atoms with Gasteiger partial charge in [-0.1, -0.05) is 77.1 Å². The van der Waals surface area contributed by atoms with Gasteiger partial charge >= 0.3 is 0 Å². The summed E-state index contributed by atoms with van der Waals surface area (Å²) in [6.45, 7) is 14.8. The number of rotatable bonds is 20. The molecule has 6 rings (SSSR count). The first-order valence-corrected chi connectivity index (χ1v) is 21.0. The molecule has 2 aromatic heterocycles. The molecule has 2 heterocycles. The van der Waals surface area contributed by atoms with Crippen molar-refractivity contribution in [2.75, 3.05) is 26.4 Å². The molecule has 60 heavy (non-hydrogen) atoms. The lowest BCUT2D eigenvalue weighted by atomic mass is 10.1. The van der Waals surface area contributed by atoms with E-state index in [0.29, 0.717) is 71.9 Å². The largest absolute Gasteiger partial charge is 0.507 e. The molecule has 6 aromatic rings. The van der Waals surface area contributed by atoms with Gasteiger partial charge in [-0.2, -0.15) is 0 Å². The van der Waals surface area contributed by atoms with Crippen LogP contribution in [0.15, 0.2) is 85.5 Å². The van der Waals surface area contributed by atoms with E-state index in [1.54, 1.807) is 36.4 Å². The van der Waals surface area contributed by atoms with Crippen LogP contribution >= 0.6 is 0 Å². The number of aromatic nitrogens is 6. The average Bonchev–Trinajstić information content (AvgIpc) is 3.25. The van der Waals surface area contributed by atoms with Gasteiger partial charge in [-0.25, -0.2) is 29.9 Å². The van der Waals surface area contributed by atoms with Crippen LogP contribution in [-0.2, 0) is 0 Å². The average molecular weight is 815 g/mol. The minimum Gasteiger partial charge on any atom is -0.507 e. The van der Waals surface area contributed by atoms with E-state index in [1.165, 1.54) is 23.8 Å². The Balaban J connectivity index is 0.000000408. The fraction of sp³-hybridized carbons (Fsp3) is 0.375. The summed E-state index contributed by atoms with van der Waals surface area (Å²) in [6.07, 6.45) is 10.7. The standard InChI is InChI=1S/C37H47N3O6.C11H11N3/c1-5-9-19-43-26-13-16-29(32(41)23-26)35-38-36(30-17-14-27(24-33(30)42)44-20-10-6-2)40-37(39-35)31-18-15-28(45-21-11-7-3)25-34(31)46-22-12-8-4;1-8-3-4-10(9(2)5-8)11-13-6-12-7-14-11/h13-18,23-25,41-42H,5-12,19-22H2,1-4H3;3-7H,1-2H3. The molecule has 12 heteroatoms. The zero-order valence-corrected chi connectivity index (χ0v) is 35.8. The molecule has 0 aliphatic rings. The second-order valence-electron chi connectivity index (χ2n) is 14.4. The van der Waals surface area contributed by atoms with Crippen LogP contribution in [0.1, 0.15) is 90.2 Å². The summed E-state index contributed by atoms with van der Waals surface area (Å²) < 4.78 is 23.8. The molecule has 316 valence electrons. The summed E-state index contributed by atoms with van der Waals surface area (Å²) in [7, 11) is 0. The summed E-state index contributed by atoms with van der Waals surface area (Å²) in [6, 6.07) is 22.0. The Bertz CT molecular complexity index is 2180. The Kier molecular flexibility index (Phi) is 17.4. The number of aromatic hydroxyl groups is 2. The molecule has 0 saturated carbocycles. The molecule has 12 nitrogen and oxygen atoms in total. The van der Waals surface area contributed by atoms with E-state index < -0.39 is 0 Å². The molecule has 0 aliphatic carbocycles. The van der Waals surface area contributed by atoms with Gasteiger partial charge in [0.25, 0.3) is 0 Å². The number of phenolic OH excluding ortho intramolecular Hbond substituents is 2. The Morgan fingerprint density at radius 3 is 1.32 bits per heavy atom. The van der Waals surface area contributed by atoms with Gasteiger partial charge in [0.1, 0.15) is 47.2 Å². The zero-order valence-electron chi connectivity index (χ0n) is 35.8. The van der Waals surface area contributed by atoms with E-state index in [0.717, 1.165) is 62.8 Å². The predicted octanol–water partition coefficient (Wildman–Crippen LogP) is 11.2. The van der Waals surface area contributed by atoms with Crippen LogP contribution < -0.4 is 18.9 Å². The van der Waals surface area contributed by atoms with Gasteiger partial charge in [-0.05, 0) is 81.5 Å². The lowest BCUT2D eigenvalue weighted by Gasteiger charge is -2.15. The molecular formula is C48H58N6O6. The van der Waals surface area contributed by atoms with E-state index in [1.807, 2.05) is 24.3 Å². The maximum atomic E-state index is 11.1. The molecule has 0 spiro atoms. The minimum absolute atomic E-state index is 0.0277. The first kappa shape index (κ1) is 44.8. The van der Waals surface area contributed by atoms with Crippen molar-refractivity contribution < 1.29 is 29.2 Å². The molecule has 0 fully saturated rings. The number of aryl methyl sites for hydroxylation is 2. The molecule has 0 saturated heterocycles. The SMILES string of the molecule is CCCCOc1ccc(-c2nc(-c3ccc(OCCCC)cc3O)nc(-c3ccc(OCCCC)cc3OCCCC)n2)c(O)c1.Cc1ccc(-c2ncncn2)c(C)c1. The highest BCUT2D eigenvalue weighted by atomic mass is 16.5. The lowest BCUT2D eigenvalue weighted by Crippen LogP contribution is -2.04. The molecule has 0 amide bonds. The topological polar surface area (TPSA) is 155 Å². The maximum Gasteiger partial charge on any atom is 0.167 e. The highest BCUT2D eigenvalue weighted by molar-refractivity contribution is 5.74. The van der Waals surface area contributed by atoms with Crippen molar-refractivity contribution in [3.8, 4) is 80.0 Å². The Morgan fingerprint density at radius 1 is 0.450 bits per heavy atom.